The molecule has 1 fully saturated rings. The van der Waals surface area contributed by atoms with Gasteiger partial charge in [-0.2, -0.15) is 5.10 Å². The van der Waals surface area contributed by atoms with Gasteiger partial charge in [0.2, 0.25) is 11.8 Å². The van der Waals surface area contributed by atoms with Crippen molar-refractivity contribution in [3.8, 4) is 0 Å². The van der Waals surface area contributed by atoms with Crippen LogP contribution in [0.2, 0.25) is 0 Å². The quantitative estimate of drug-likeness (QED) is 0.793. The number of hydrogen-bond acceptors (Lipinski definition) is 4. The first-order chi connectivity index (χ1) is 11.4. The lowest BCUT2D eigenvalue weighted by molar-refractivity contribution is -0.124. The summed E-state index contributed by atoms with van der Waals surface area (Å²) in [5.74, 6) is 0.288. The first kappa shape index (κ1) is 18.4. The summed E-state index contributed by atoms with van der Waals surface area (Å²) in [6.07, 6.45) is 3.67. The number of rotatable bonds is 7. The third-order valence-electron chi connectivity index (χ3n) is 4.65. The van der Waals surface area contributed by atoms with Gasteiger partial charge in [-0.1, -0.05) is 13.8 Å². The van der Waals surface area contributed by atoms with Crippen LogP contribution in [0.15, 0.2) is 6.07 Å². The SMILES string of the molecule is CCC(CC)n1nc(C)cc1NC(=O)[C@@H]1CCCN(CC(N)=O)C1. The number of carbonyl (C=O) groups is 2. The lowest BCUT2D eigenvalue weighted by Gasteiger charge is -2.31. The van der Waals surface area contributed by atoms with Crippen LogP contribution in [0.25, 0.3) is 0 Å². The van der Waals surface area contributed by atoms with E-state index in [9.17, 15) is 9.59 Å². The van der Waals surface area contributed by atoms with E-state index in [2.05, 4.69) is 24.3 Å². The molecular formula is C17H29N5O2. The standard InChI is InChI=1S/C17H29N5O2/c1-4-14(5-2)22-16(9-12(3)20-22)19-17(24)13-7-6-8-21(10-13)11-15(18)23/h9,13-14H,4-8,10-11H2,1-3H3,(H2,18,23)(H,19,24)/t13-/m1/s1. The Morgan fingerprint density at radius 2 is 2.12 bits per heavy atom. The molecule has 1 aromatic rings. The average molecular weight is 335 g/mol. The van der Waals surface area contributed by atoms with Gasteiger partial charge in [0.15, 0.2) is 0 Å². The summed E-state index contributed by atoms with van der Waals surface area (Å²) >= 11 is 0. The van der Waals surface area contributed by atoms with Gasteiger partial charge in [-0.15, -0.1) is 0 Å². The average Bonchev–Trinajstić information content (AvgIpc) is 2.88. The van der Waals surface area contributed by atoms with Crippen molar-refractivity contribution in [3.05, 3.63) is 11.8 Å². The Labute approximate surface area is 143 Å². The van der Waals surface area contributed by atoms with Gasteiger partial charge in [0.1, 0.15) is 5.82 Å². The molecule has 1 atom stereocenters. The first-order valence-corrected chi connectivity index (χ1v) is 8.82. The van der Waals surface area contributed by atoms with Crippen molar-refractivity contribution in [2.45, 2.75) is 52.5 Å². The Hall–Kier alpha value is -1.89. The van der Waals surface area contributed by atoms with E-state index in [0.717, 1.165) is 43.7 Å². The Morgan fingerprint density at radius 1 is 1.42 bits per heavy atom. The number of amides is 2. The summed E-state index contributed by atoms with van der Waals surface area (Å²) in [5.41, 5.74) is 6.16. The molecule has 3 N–H and O–H groups in total. The maximum atomic E-state index is 12.7. The molecule has 1 aliphatic rings. The smallest absolute Gasteiger partial charge is 0.231 e. The van der Waals surface area contributed by atoms with Crippen LogP contribution < -0.4 is 11.1 Å². The van der Waals surface area contributed by atoms with Gasteiger partial charge in [0, 0.05) is 12.6 Å². The third-order valence-corrected chi connectivity index (χ3v) is 4.65. The summed E-state index contributed by atoms with van der Waals surface area (Å²) in [6.45, 7) is 7.79. The highest BCUT2D eigenvalue weighted by atomic mass is 16.2. The number of nitrogens with one attached hydrogen (secondary N) is 1. The Kier molecular flexibility index (Phi) is 6.36. The monoisotopic (exact) mass is 335 g/mol. The lowest BCUT2D eigenvalue weighted by Crippen LogP contribution is -2.44. The molecule has 0 aliphatic carbocycles. The molecule has 1 saturated heterocycles. The predicted octanol–water partition coefficient (Wildman–Crippen LogP) is 1.69. The minimum absolute atomic E-state index is 0.00345. The number of primary amides is 1. The van der Waals surface area contributed by atoms with Crippen molar-refractivity contribution in [1.82, 2.24) is 14.7 Å². The topological polar surface area (TPSA) is 93.2 Å². The van der Waals surface area contributed by atoms with Crippen molar-refractivity contribution in [3.63, 3.8) is 0 Å². The molecule has 0 bridgehead atoms. The molecule has 2 amide bonds. The summed E-state index contributed by atoms with van der Waals surface area (Å²) in [6, 6.07) is 2.20. The second-order valence-electron chi connectivity index (χ2n) is 6.62. The fraction of sp³-hybridized carbons (Fsp3) is 0.706. The van der Waals surface area contributed by atoms with Gasteiger partial charge < -0.3 is 11.1 Å². The highest BCUT2D eigenvalue weighted by Crippen LogP contribution is 2.24. The molecule has 2 rings (SSSR count). The Balaban J connectivity index is 2.05. The van der Waals surface area contributed by atoms with Gasteiger partial charge in [-0.25, -0.2) is 4.68 Å². The van der Waals surface area contributed by atoms with Crippen LogP contribution >= 0.6 is 0 Å². The zero-order valence-electron chi connectivity index (χ0n) is 14.9. The van der Waals surface area contributed by atoms with E-state index in [1.165, 1.54) is 0 Å². The second-order valence-corrected chi connectivity index (χ2v) is 6.62. The van der Waals surface area contributed by atoms with Crippen molar-refractivity contribution >= 4 is 17.6 Å². The van der Waals surface area contributed by atoms with E-state index in [1.807, 2.05) is 22.6 Å². The number of nitrogens with zero attached hydrogens (tertiary/aromatic N) is 3. The summed E-state index contributed by atoms with van der Waals surface area (Å²) in [7, 11) is 0. The molecule has 7 nitrogen and oxygen atoms in total. The number of carbonyl (C=O) groups excluding carboxylic acids is 2. The van der Waals surface area contributed by atoms with Crippen LogP contribution in [0.3, 0.4) is 0 Å². The molecule has 7 heteroatoms. The Bertz CT molecular complexity index is 580. The number of aryl methyl sites for hydroxylation is 1. The van der Waals surface area contributed by atoms with E-state index >= 15 is 0 Å². The van der Waals surface area contributed by atoms with Crippen molar-refractivity contribution in [2.24, 2.45) is 11.7 Å². The zero-order valence-corrected chi connectivity index (χ0v) is 14.9. The number of piperidine rings is 1. The minimum atomic E-state index is -0.349. The molecule has 0 aromatic carbocycles. The van der Waals surface area contributed by atoms with E-state index in [-0.39, 0.29) is 30.3 Å². The molecule has 1 aromatic heterocycles. The molecule has 24 heavy (non-hydrogen) atoms. The maximum Gasteiger partial charge on any atom is 0.231 e. The van der Waals surface area contributed by atoms with Crippen molar-refractivity contribution in [2.75, 3.05) is 25.0 Å². The van der Waals surface area contributed by atoms with E-state index < -0.39 is 0 Å². The molecule has 0 radical (unpaired) electrons. The first-order valence-electron chi connectivity index (χ1n) is 8.82. The normalized spacial score (nSPS) is 18.8. The molecule has 2 heterocycles. The fourth-order valence-electron chi connectivity index (χ4n) is 3.38. The van der Waals surface area contributed by atoms with Gasteiger partial charge in [-0.3, -0.25) is 14.5 Å². The number of nitrogens with two attached hydrogens (primary N) is 1. The summed E-state index contributed by atoms with van der Waals surface area (Å²) < 4.78 is 1.93. The van der Waals surface area contributed by atoms with Crippen LogP contribution in [0, 0.1) is 12.8 Å². The highest BCUT2D eigenvalue weighted by molar-refractivity contribution is 5.92. The largest absolute Gasteiger partial charge is 0.369 e. The van der Waals surface area contributed by atoms with E-state index in [4.69, 9.17) is 5.73 Å². The molecule has 1 aliphatic heterocycles. The van der Waals surface area contributed by atoms with Crippen LogP contribution in [0.1, 0.15) is 51.3 Å². The van der Waals surface area contributed by atoms with E-state index in [0.29, 0.717) is 6.54 Å². The van der Waals surface area contributed by atoms with E-state index in [1.54, 1.807) is 0 Å². The van der Waals surface area contributed by atoms with Gasteiger partial charge in [0.25, 0.3) is 0 Å². The minimum Gasteiger partial charge on any atom is -0.369 e. The number of aromatic nitrogens is 2. The molecule has 0 saturated carbocycles. The van der Waals surface area contributed by atoms with Crippen LogP contribution in [-0.4, -0.2) is 46.1 Å². The van der Waals surface area contributed by atoms with Crippen molar-refractivity contribution in [1.29, 1.82) is 0 Å². The predicted molar refractivity (Wildman–Crippen MR) is 93.6 cm³/mol. The molecular weight excluding hydrogens is 306 g/mol. The molecule has 134 valence electrons. The number of anilines is 1. The molecule has 0 unspecified atom stereocenters. The number of likely N-dealkylation sites (tertiary alicyclic amines) is 1. The maximum absolute atomic E-state index is 12.7. The lowest BCUT2D eigenvalue weighted by atomic mass is 9.97. The second kappa shape index (κ2) is 8.28. The zero-order chi connectivity index (χ0) is 17.7. The van der Waals surface area contributed by atoms with Crippen LogP contribution in [0.5, 0.6) is 0 Å². The van der Waals surface area contributed by atoms with Gasteiger partial charge in [0.05, 0.1) is 24.2 Å². The summed E-state index contributed by atoms with van der Waals surface area (Å²) in [4.78, 5) is 25.7. The van der Waals surface area contributed by atoms with Crippen LogP contribution in [0.4, 0.5) is 5.82 Å². The summed E-state index contributed by atoms with van der Waals surface area (Å²) in [5, 5.41) is 7.58. The molecule has 0 spiro atoms. The van der Waals surface area contributed by atoms with Gasteiger partial charge >= 0.3 is 0 Å². The highest BCUT2D eigenvalue weighted by Gasteiger charge is 2.27. The van der Waals surface area contributed by atoms with Crippen LogP contribution in [-0.2, 0) is 9.59 Å². The third kappa shape index (κ3) is 4.56. The van der Waals surface area contributed by atoms with Crippen molar-refractivity contribution < 1.29 is 9.59 Å². The fourth-order valence-corrected chi connectivity index (χ4v) is 3.38. The number of hydrogen-bond donors (Lipinski definition) is 2. The van der Waals surface area contributed by atoms with Gasteiger partial charge in [-0.05, 0) is 39.2 Å². The Morgan fingerprint density at radius 3 is 2.75 bits per heavy atom.